The number of rotatable bonds is 8. The van der Waals surface area contributed by atoms with E-state index in [-0.39, 0.29) is 23.9 Å². The summed E-state index contributed by atoms with van der Waals surface area (Å²) in [4.78, 5) is 31.0. The molecule has 3 aliphatic rings. The third-order valence-electron chi connectivity index (χ3n) is 7.48. The Morgan fingerprint density at radius 3 is 2.37 bits per heavy atom. The molecule has 3 N–H and O–H groups in total. The molecule has 0 bridgehead atoms. The Labute approximate surface area is 183 Å². The minimum Gasteiger partial charge on any atom is -0.341 e. The molecule has 0 spiro atoms. The molecule has 0 aromatic carbocycles. The van der Waals surface area contributed by atoms with Crippen LogP contribution in [0, 0.1) is 17.8 Å². The van der Waals surface area contributed by atoms with Crippen molar-refractivity contribution in [3.8, 4) is 0 Å². The third kappa shape index (κ3) is 6.19. The van der Waals surface area contributed by atoms with Crippen molar-refractivity contribution >= 4 is 11.8 Å². The summed E-state index contributed by atoms with van der Waals surface area (Å²) in [6.07, 6.45) is 11.1. The molecule has 0 radical (unpaired) electrons. The van der Waals surface area contributed by atoms with Gasteiger partial charge in [-0.05, 0) is 56.4 Å². The van der Waals surface area contributed by atoms with E-state index in [9.17, 15) is 9.59 Å². The highest BCUT2D eigenvalue weighted by Crippen LogP contribution is 2.31. The van der Waals surface area contributed by atoms with Crippen LogP contribution in [0.1, 0.15) is 78.1 Å². The Morgan fingerprint density at radius 2 is 1.73 bits per heavy atom. The second kappa shape index (κ2) is 11.5. The first-order valence-corrected chi connectivity index (χ1v) is 12.5. The minimum atomic E-state index is -0.275. The first-order valence-electron chi connectivity index (χ1n) is 12.5. The van der Waals surface area contributed by atoms with Crippen molar-refractivity contribution in [3.63, 3.8) is 0 Å². The van der Waals surface area contributed by atoms with E-state index >= 15 is 0 Å². The summed E-state index contributed by atoms with van der Waals surface area (Å²) in [7, 11) is 0. The molecule has 6 nitrogen and oxygen atoms in total. The quantitative estimate of drug-likeness (QED) is 0.633. The van der Waals surface area contributed by atoms with Crippen LogP contribution >= 0.6 is 0 Å². The second-order valence-electron chi connectivity index (χ2n) is 10.3. The first-order chi connectivity index (χ1) is 14.5. The van der Waals surface area contributed by atoms with Crippen molar-refractivity contribution in [3.05, 3.63) is 0 Å². The summed E-state index contributed by atoms with van der Waals surface area (Å²) in [5.41, 5.74) is 5.74. The molecule has 0 aromatic heterocycles. The molecule has 2 heterocycles. The SMILES string of the molecule is CC(C)C[C@@H]1NCCN([C@@H](CC2CCCCC2)C(=O)N2CCC(CCN)CC2)C1=O. The number of nitrogens with one attached hydrogen (secondary N) is 1. The Bertz CT molecular complexity index is 553. The summed E-state index contributed by atoms with van der Waals surface area (Å²) >= 11 is 0. The number of hydrogen-bond acceptors (Lipinski definition) is 4. The Morgan fingerprint density at radius 1 is 1.03 bits per heavy atom. The van der Waals surface area contributed by atoms with Crippen LogP contribution < -0.4 is 11.1 Å². The summed E-state index contributed by atoms with van der Waals surface area (Å²) in [5, 5.41) is 3.40. The van der Waals surface area contributed by atoms with Crippen molar-refractivity contribution in [2.24, 2.45) is 23.5 Å². The van der Waals surface area contributed by atoms with E-state index in [0.717, 1.165) is 58.3 Å². The average Bonchev–Trinajstić information content (AvgIpc) is 2.75. The molecule has 2 atom stereocenters. The van der Waals surface area contributed by atoms with Gasteiger partial charge in [-0.2, -0.15) is 0 Å². The maximum absolute atomic E-state index is 13.7. The van der Waals surface area contributed by atoms with E-state index in [4.69, 9.17) is 5.73 Å². The van der Waals surface area contributed by atoms with Crippen LogP contribution in [0.2, 0.25) is 0 Å². The van der Waals surface area contributed by atoms with Crippen molar-refractivity contribution in [1.29, 1.82) is 0 Å². The molecular formula is C24H44N4O2. The maximum Gasteiger partial charge on any atom is 0.245 e. The highest BCUT2D eigenvalue weighted by molar-refractivity contribution is 5.90. The van der Waals surface area contributed by atoms with Gasteiger partial charge < -0.3 is 20.9 Å². The lowest BCUT2D eigenvalue weighted by atomic mass is 9.83. The molecule has 2 aliphatic heterocycles. The van der Waals surface area contributed by atoms with Crippen LogP contribution in [0.5, 0.6) is 0 Å². The number of piperazine rings is 1. The first kappa shape index (κ1) is 23.5. The van der Waals surface area contributed by atoms with Crippen LogP contribution in [-0.4, -0.2) is 66.4 Å². The normalized spacial score (nSPS) is 25.7. The monoisotopic (exact) mass is 420 g/mol. The van der Waals surface area contributed by atoms with Gasteiger partial charge in [-0.25, -0.2) is 0 Å². The van der Waals surface area contributed by atoms with Gasteiger partial charge >= 0.3 is 0 Å². The zero-order chi connectivity index (χ0) is 21.5. The summed E-state index contributed by atoms with van der Waals surface area (Å²) in [6, 6.07) is -0.417. The third-order valence-corrected chi connectivity index (χ3v) is 7.48. The topological polar surface area (TPSA) is 78.7 Å². The number of piperidine rings is 1. The van der Waals surface area contributed by atoms with Gasteiger partial charge in [0.15, 0.2) is 0 Å². The summed E-state index contributed by atoms with van der Waals surface area (Å²) in [6.45, 7) is 8.13. The summed E-state index contributed by atoms with van der Waals surface area (Å²) in [5.74, 6) is 2.02. The molecule has 30 heavy (non-hydrogen) atoms. The lowest BCUT2D eigenvalue weighted by molar-refractivity contribution is -0.150. The van der Waals surface area contributed by atoms with E-state index in [2.05, 4.69) is 19.2 Å². The van der Waals surface area contributed by atoms with Gasteiger partial charge in [-0.3, -0.25) is 9.59 Å². The largest absolute Gasteiger partial charge is 0.341 e. The Hall–Kier alpha value is -1.14. The Balaban J connectivity index is 1.71. The molecule has 0 aromatic rings. The van der Waals surface area contributed by atoms with Crippen LogP contribution in [-0.2, 0) is 9.59 Å². The number of nitrogens with zero attached hydrogens (tertiary/aromatic N) is 2. The molecule has 0 unspecified atom stereocenters. The summed E-state index contributed by atoms with van der Waals surface area (Å²) < 4.78 is 0. The fraction of sp³-hybridized carbons (Fsp3) is 0.917. The zero-order valence-corrected chi connectivity index (χ0v) is 19.3. The fourth-order valence-electron chi connectivity index (χ4n) is 5.71. The van der Waals surface area contributed by atoms with Crippen molar-refractivity contribution in [2.75, 3.05) is 32.7 Å². The lowest BCUT2D eigenvalue weighted by Crippen LogP contribution is -2.62. The number of amides is 2. The predicted octanol–water partition coefficient (Wildman–Crippen LogP) is 2.76. The van der Waals surface area contributed by atoms with E-state index < -0.39 is 0 Å². The van der Waals surface area contributed by atoms with E-state index in [1.54, 1.807) is 0 Å². The molecule has 1 aliphatic carbocycles. The number of carbonyl (C=O) groups excluding carboxylic acids is 2. The Kier molecular flexibility index (Phi) is 8.99. The van der Waals surface area contributed by atoms with Gasteiger partial charge in [0.2, 0.25) is 11.8 Å². The number of carbonyl (C=O) groups is 2. The average molecular weight is 421 g/mol. The molecule has 172 valence electrons. The maximum atomic E-state index is 13.7. The van der Waals surface area contributed by atoms with E-state index in [1.807, 2.05) is 9.80 Å². The number of hydrogen-bond donors (Lipinski definition) is 2. The molecule has 3 fully saturated rings. The highest BCUT2D eigenvalue weighted by atomic mass is 16.2. The number of likely N-dealkylation sites (tertiary alicyclic amines) is 1. The predicted molar refractivity (Wildman–Crippen MR) is 121 cm³/mol. The van der Waals surface area contributed by atoms with Gasteiger partial charge in [-0.1, -0.05) is 46.0 Å². The van der Waals surface area contributed by atoms with Crippen LogP contribution in [0.4, 0.5) is 0 Å². The molecule has 2 amide bonds. The highest BCUT2D eigenvalue weighted by Gasteiger charge is 2.40. The fourth-order valence-corrected chi connectivity index (χ4v) is 5.71. The van der Waals surface area contributed by atoms with E-state index in [1.165, 1.54) is 32.1 Å². The van der Waals surface area contributed by atoms with Gasteiger partial charge in [0.05, 0.1) is 6.04 Å². The molecule has 3 rings (SSSR count). The van der Waals surface area contributed by atoms with Gasteiger partial charge in [0, 0.05) is 26.2 Å². The smallest absolute Gasteiger partial charge is 0.245 e. The standard InChI is InChI=1S/C24H44N4O2/c1-18(2)16-21-23(29)28(15-12-26-21)22(17-20-6-4-3-5-7-20)24(30)27-13-9-19(8-11-25)10-14-27/h18-22,26H,3-17,25H2,1-2H3/t21-,22-/m0/s1. The van der Waals surface area contributed by atoms with Gasteiger partial charge in [0.25, 0.3) is 0 Å². The number of nitrogens with two attached hydrogens (primary N) is 1. The van der Waals surface area contributed by atoms with Gasteiger partial charge in [0.1, 0.15) is 6.04 Å². The van der Waals surface area contributed by atoms with Crippen molar-refractivity contribution in [2.45, 2.75) is 90.1 Å². The van der Waals surface area contributed by atoms with Crippen molar-refractivity contribution in [1.82, 2.24) is 15.1 Å². The van der Waals surface area contributed by atoms with E-state index in [0.29, 0.717) is 24.3 Å². The molecule has 6 heteroatoms. The zero-order valence-electron chi connectivity index (χ0n) is 19.3. The second-order valence-corrected chi connectivity index (χ2v) is 10.3. The lowest BCUT2D eigenvalue weighted by Gasteiger charge is -2.42. The molecule has 1 saturated carbocycles. The molecular weight excluding hydrogens is 376 g/mol. The molecule has 2 saturated heterocycles. The van der Waals surface area contributed by atoms with Crippen LogP contribution in [0.25, 0.3) is 0 Å². The van der Waals surface area contributed by atoms with Crippen molar-refractivity contribution < 1.29 is 9.59 Å². The van der Waals surface area contributed by atoms with Crippen LogP contribution in [0.3, 0.4) is 0 Å². The van der Waals surface area contributed by atoms with Crippen LogP contribution in [0.15, 0.2) is 0 Å². The van der Waals surface area contributed by atoms with Gasteiger partial charge in [-0.15, -0.1) is 0 Å². The minimum absolute atomic E-state index is 0.141.